The monoisotopic (exact) mass is 355 g/mol. The molecule has 0 spiro atoms. The second kappa shape index (κ2) is 7.79. The van der Waals surface area contributed by atoms with E-state index in [4.69, 9.17) is 0 Å². The molecule has 0 bridgehead atoms. The lowest BCUT2D eigenvalue weighted by Gasteiger charge is -2.42. The summed E-state index contributed by atoms with van der Waals surface area (Å²) in [7, 11) is -2.77. The van der Waals surface area contributed by atoms with Crippen LogP contribution < -0.4 is 10.4 Å². The second-order valence-electron chi connectivity index (χ2n) is 7.86. The Balaban J connectivity index is 2.05. The first-order valence-corrected chi connectivity index (χ1v) is 11.3. The van der Waals surface area contributed by atoms with Crippen LogP contribution in [0.1, 0.15) is 40.0 Å². The van der Waals surface area contributed by atoms with Crippen LogP contribution in [0.15, 0.2) is 60.7 Å². The largest absolute Gasteiger partial charge is 0.333 e. The molecule has 0 unspecified atom stereocenters. The van der Waals surface area contributed by atoms with Crippen molar-refractivity contribution in [3.05, 3.63) is 60.7 Å². The molecule has 1 aliphatic carbocycles. The molecule has 0 aliphatic heterocycles. The molecule has 2 nitrogen and oxygen atoms in total. The minimum absolute atomic E-state index is 0.193. The molecule has 4 atom stereocenters. The van der Waals surface area contributed by atoms with E-state index in [1.807, 2.05) is 60.7 Å². The molecule has 1 saturated carbocycles. The Morgan fingerprint density at radius 2 is 1.56 bits per heavy atom. The van der Waals surface area contributed by atoms with Crippen molar-refractivity contribution >= 4 is 18.3 Å². The number of hydrogen-bond acceptors (Lipinski definition) is 1. The SMILES string of the molecule is CC(C)[C@@H]1CC[C@H](C)C[C@H]1[P@](=O)(Nc1ccccc1)c1ccccc1. The fourth-order valence-corrected chi connectivity index (χ4v) is 7.78. The highest BCUT2D eigenvalue weighted by molar-refractivity contribution is 7.73. The van der Waals surface area contributed by atoms with E-state index in [1.165, 1.54) is 12.8 Å². The first kappa shape index (κ1) is 18.3. The van der Waals surface area contributed by atoms with Crippen LogP contribution in [0, 0.1) is 17.8 Å². The molecular formula is C22H30NOP. The maximum atomic E-state index is 14.5. The van der Waals surface area contributed by atoms with Gasteiger partial charge in [0.2, 0.25) is 7.29 Å². The van der Waals surface area contributed by atoms with Crippen molar-refractivity contribution in [3.63, 3.8) is 0 Å². The lowest BCUT2D eigenvalue weighted by Crippen LogP contribution is -2.36. The van der Waals surface area contributed by atoms with Crippen molar-refractivity contribution in [3.8, 4) is 0 Å². The van der Waals surface area contributed by atoms with Gasteiger partial charge < -0.3 is 5.09 Å². The summed E-state index contributed by atoms with van der Waals surface area (Å²) < 4.78 is 14.5. The van der Waals surface area contributed by atoms with E-state index in [-0.39, 0.29) is 5.66 Å². The second-order valence-corrected chi connectivity index (χ2v) is 10.6. The molecule has 1 fully saturated rings. The van der Waals surface area contributed by atoms with Gasteiger partial charge in [-0.25, -0.2) is 0 Å². The van der Waals surface area contributed by atoms with Crippen LogP contribution in [0.25, 0.3) is 0 Å². The van der Waals surface area contributed by atoms with Crippen LogP contribution >= 0.6 is 7.29 Å². The quantitative estimate of drug-likeness (QED) is 0.651. The Labute approximate surface area is 152 Å². The lowest BCUT2D eigenvalue weighted by molar-refractivity contribution is 0.237. The molecule has 0 heterocycles. The van der Waals surface area contributed by atoms with Crippen molar-refractivity contribution in [2.75, 3.05) is 5.09 Å². The molecule has 25 heavy (non-hydrogen) atoms. The zero-order valence-corrected chi connectivity index (χ0v) is 16.5. The van der Waals surface area contributed by atoms with Gasteiger partial charge >= 0.3 is 0 Å². The van der Waals surface area contributed by atoms with Crippen LogP contribution in [-0.4, -0.2) is 5.66 Å². The van der Waals surface area contributed by atoms with E-state index >= 15 is 0 Å². The highest BCUT2D eigenvalue weighted by Gasteiger charge is 2.43. The number of para-hydroxylation sites is 1. The smallest absolute Gasteiger partial charge is 0.201 e. The average Bonchev–Trinajstić information content (AvgIpc) is 2.63. The van der Waals surface area contributed by atoms with E-state index < -0.39 is 7.29 Å². The van der Waals surface area contributed by atoms with E-state index in [0.29, 0.717) is 17.8 Å². The Bertz CT molecular complexity index is 713. The van der Waals surface area contributed by atoms with Crippen molar-refractivity contribution in [2.45, 2.75) is 45.7 Å². The number of anilines is 1. The fraction of sp³-hybridized carbons (Fsp3) is 0.455. The van der Waals surface area contributed by atoms with E-state index in [9.17, 15) is 4.57 Å². The Morgan fingerprint density at radius 1 is 0.960 bits per heavy atom. The number of rotatable bonds is 5. The van der Waals surface area contributed by atoms with Gasteiger partial charge in [0.05, 0.1) is 0 Å². The fourth-order valence-electron chi connectivity index (χ4n) is 4.26. The van der Waals surface area contributed by atoms with Crippen LogP contribution in [0.3, 0.4) is 0 Å². The summed E-state index contributed by atoms with van der Waals surface area (Å²) in [5, 5.41) is 4.46. The number of nitrogens with one attached hydrogen (secondary N) is 1. The zero-order chi connectivity index (χ0) is 17.9. The van der Waals surface area contributed by atoms with Crippen molar-refractivity contribution in [1.29, 1.82) is 0 Å². The summed E-state index contributed by atoms with van der Waals surface area (Å²) in [4.78, 5) is 0. The molecule has 2 aromatic rings. The summed E-state index contributed by atoms with van der Waals surface area (Å²) in [5.41, 5.74) is 1.15. The van der Waals surface area contributed by atoms with Gasteiger partial charge in [-0.05, 0) is 54.9 Å². The normalized spacial score (nSPS) is 26.2. The molecule has 3 heteroatoms. The highest BCUT2D eigenvalue weighted by Crippen LogP contribution is 2.58. The first-order valence-electron chi connectivity index (χ1n) is 9.49. The number of hydrogen-bond donors (Lipinski definition) is 1. The topological polar surface area (TPSA) is 29.1 Å². The van der Waals surface area contributed by atoms with Crippen LogP contribution in [0.2, 0.25) is 0 Å². The minimum atomic E-state index is -2.77. The summed E-state index contributed by atoms with van der Waals surface area (Å²) in [6.07, 6.45) is 3.46. The van der Waals surface area contributed by atoms with Gasteiger partial charge in [-0.15, -0.1) is 0 Å². The molecule has 1 aliphatic rings. The molecule has 2 aromatic carbocycles. The summed E-state index contributed by atoms with van der Waals surface area (Å²) in [5.74, 6) is 1.68. The molecule has 134 valence electrons. The van der Waals surface area contributed by atoms with Gasteiger partial charge in [-0.3, -0.25) is 4.57 Å². The third-order valence-corrected chi connectivity index (χ3v) is 8.85. The summed E-state index contributed by atoms with van der Waals surface area (Å²) in [6, 6.07) is 20.1. The predicted octanol–water partition coefficient (Wildman–Crippen LogP) is 6.16. The van der Waals surface area contributed by atoms with Gasteiger partial charge in [0.1, 0.15) is 0 Å². The predicted molar refractivity (Wildman–Crippen MR) is 109 cm³/mol. The van der Waals surface area contributed by atoms with Crippen LogP contribution in [0.5, 0.6) is 0 Å². The van der Waals surface area contributed by atoms with Gasteiger partial charge in [-0.2, -0.15) is 0 Å². The van der Waals surface area contributed by atoms with Crippen LogP contribution in [-0.2, 0) is 4.57 Å². The molecule has 0 radical (unpaired) electrons. The van der Waals surface area contributed by atoms with Gasteiger partial charge in [-0.1, -0.05) is 63.6 Å². The van der Waals surface area contributed by atoms with E-state index in [1.54, 1.807) is 0 Å². The molecule has 0 amide bonds. The van der Waals surface area contributed by atoms with Crippen molar-refractivity contribution < 1.29 is 4.57 Å². The van der Waals surface area contributed by atoms with Crippen molar-refractivity contribution in [1.82, 2.24) is 0 Å². The Kier molecular flexibility index (Phi) is 5.69. The van der Waals surface area contributed by atoms with Crippen LogP contribution in [0.4, 0.5) is 5.69 Å². The third kappa shape index (κ3) is 4.01. The van der Waals surface area contributed by atoms with E-state index in [0.717, 1.165) is 17.4 Å². The molecule has 0 aromatic heterocycles. The maximum absolute atomic E-state index is 14.5. The highest BCUT2D eigenvalue weighted by atomic mass is 31.2. The molecule has 0 saturated heterocycles. The lowest BCUT2D eigenvalue weighted by atomic mass is 9.77. The van der Waals surface area contributed by atoms with E-state index in [2.05, 4.69) is 25.9 Å². The third-order valence-electron chi connectivity index (χ3n) is 5.66. The standard InChI is InChI=1S/C22H30NOP/c1-17(2)21-15-14-18(3)16-22(21)25(24,20-12-8-5-9-13-20)23-19-10-6-4-7-11-19/h4-13,17-18,21-22H,14-16H2,1-3H3,(H,23,24)/t18-,21-,22+,25-/m0/s1. The summed E-state index contributed by atoms with van der Waals surface area (Å²) >= 11 is 0. The number of benzene rings is 2. The maximum Gasteiger partial charge on any atom is 0.201 e. The van der Waals surface area contributed by atoms with Crippen molar-refractivity contribution in [2.24, 2.45) is 17.8 Å². The zero-order valence-electron chi connectivity index (χ0n) is 15.6. The van der Waals surface area contributed by atoms with Gasteiger partial charge in [0.25, 0.3) is 0 Å². The summed E-state index contributed by atoms with van der Waals surface area (Å²) in [6.45, 7) is 6.87. The Hall–Kier alpha value is -1.53. The van der Waals surface area contributed by atoms with Gasteiger partial charge in [0, 0.05) is 16.7 Å². The molecular weight excluding hydrogens is 325 g/mol. The van der Waals surface area contributed by atoms with Gasteiger partial charge in [0.15, 0.2) is 0 Å². The average molecular weight is 355 g/mol. The Morgan fingerprint density at radius 3 is 2.16 bits per heavy atom. The molecule has 3 rings (SSSR count). The first-order chi connectivity index (χ1) is 12.0. The minimum Gasteiger partial charge on any atom is -0.333 e. The molecule has 1 N–H and O–H groups in total.